The number of carbonyl (C=O) groups excluding carboxylic acids is 1. The Hall–Kier alpha value is -1.30. The Kier molecular flexibility index (Phi) is 3.51. The molecular formula is C11H18N2O4. The number of amides is 2. The molecule has 2 aliphatic heterocycles. The third-order valence-corrected chi connectivity index (χ3v) is 3.46. The molecule has 2 rings (SSSR count). The number of hydrogen-bond acceptors (Lipinski definition) is 3. The third kappa shape index (κ3) is 2.36. The average molecular weight is 242 g/mol. The first-order chi connectivity index (χ1) is 8.11. The van der Waals surface area contributed by atoms with Crippen LogP contribution in [-0.2, 0) is 9.53 Å². The standard InChI is InChI=1S/C11H18N2O4/c1-8-3-2-4-12(8)11(16)13-5-6-17-7-9(13)10(14)15/h8-9H,2-7H2,1H3,(H,14,15). The highest BCUT2D eigenvalue weighted by atomic mass is 16.5. The second-order valence-electron chi connectivity index (χ2n) is 4.59. The molecule has 0 aromatic rings. The van der Waals surface area contributed by atoms with E-state index in [1.165, 1.54) is 4.90 Å². The van der Waals surface area contributed by atoms with Crippen molar-refractivity contribution in [2.45, 2.75) is 31.8 Å². The second-order valence-corrected chi connectivity index (χ2v) is 4.59. The Morgan fingerprint density at radius 2 is 2.06 bits per heavy atom. The molecule has 2 fully saturated rings. The zero-order valence-corrected chi connectivity index (χ0v) is 9.96. The molecule has 0 aromatic carbocycles. The van der Waals surface area contributed by atoms with Gasteiger partial charge < -0.3 is 19.6 Å². The van der Waals surface area contributed by atoms with Crippen LogP contribution in [0, 0.1) is 0 Å². The summed E-state index contributed by atoms with van der Waals surface area (Å²) in [6.45, 7) is 3.59. The molecule has 17 heavy (non-hydrogen) atoms. The SMILES string of the molecule is CC1CCCN1C(=O)N1CCOCC1C(=O)O. The second kappa shape index (κ2) is 4.91. The molecule has 6 nitrogen and oxygen atoms in total. The van der Waals surface area contributed by atoms with Crippen molar-refractivity contribution < 1.29 is 19.4 Å². The third-order valence-electron chi connectivity index (χ3n) is 3.46. The van der Waals surface area contributed by atoms with Gasteiger partial charge in [-0.05, 0) is 19.8 Å². The van der Waals surface area contributed by atoms with Gasteiger partial charge in [0.1, 0.15) is 0 Å². The lowest BCUT2D eigenvalue weighted by Crippen LogP contribution is -2.57. The van der Waals surface area contributed by atoms with Crippen molar-refractivity contribution in [3.05, 3.63) is 0 Å². The van der Waals surface area contributed by atoms with Gasteiger partial charge in [-0.3, -0.25) is 0 Å². The lowest BCUT2D eigenvalue weighted by atomic mass is 10.2. The maximum atomic E-state index is 12.3. The van der Waals surface area contributed by atoms with E-state index in [0.29, 0.717) is 13.2 Å². The number of hydrogen-bond donors (Lipinski definition) is 1. The van der Waals surface area contributed by atoms with Crippen molar-refractivity contribution >= 4 is 12.0 Å². The quantitative estimate of drug-likeness (QED) is 0.721. The van der Waals surface area contributed by atoms with E-state index >= 15 is 0 Å². The van der Waals surface area contributed by atoms with Gasteiger partial charge in [0, 0.05) is 19.1 Å². The monoisotopic (exact) mass is 242 g/mol. The van der Waals surface area contributed by atoms with E-state index in [-0.39, 0.29) is 18.7 Å². The van der Waals surface area contributed by atoms with Crippen LogP contribution in [0.4, 0.5) is 4.79 Å². The van der Waals surface area contributed by atoms with Crippen LogP contribution in [0.2, 0.25) is 0 Å². The molecule has 0 bridgehead atoms. The number of ether oxygens (including phenoxy) is 1. The van der Waals surface area contributed by atoms with E-state index in [9.17, 15) is 9.59 Å². The van der Waals surface area contributed by atoms with Gasteiger partial charge in [-0.2, -0.15) is 0 Å². The molecule has 2 aliphatic rings. The zero-order chi connectivity index (χ0) is 12.4. The molecule has 0 saturated carbocycles. The van der Waals surface area contributed by atoms with E-state index in [0.717, 1.165) is 19.4 Å². The molecule has 0 spiro atoms. The fraction of sp³-hybridized carbons (Fsp3) is 0.818. The highest BCUT2D eigenvalue weighted by molar-refractivity contribution is 5.83. The van der Waals surface area contributed by atoms with Crippen LogP contribution in [0.5, 0.6) is 0 Å². The van der Waals surface area contributed by atoms with Gasteiger partial charge in [-0.1, -0.05) is 0 Å². The predicted molar refractivity (Wildman–Crippen MR) is 59.7 cm³/mol. The van der Waals surface area contributed by atoms with Crippen molar-refractivity contribution in [3.63, 3.8) is 0 Å². The van der Waals surface area contributed by atoms with Crippen LogP contribution in [0.3, 0.4) is 0 Å². The molecule has 6 heteroatoms. The fourth-order valence-corrected chi connectivity index (χ4v) is 2.42. The van der Waals surface area contributed by atoms with Crippen molar-refractivity contribution in [2.75, 3.05) is 26.3 Å². The minimum atomic E-state index is -0.995. The van der Waals surface area contributed by atoms with Gasteiger partial charge >= 0.3 is 12.0 Å². The highest BCUT2D eigenvalue weighted by Gasteiger charge is 2.37. The Morgan fingerprint density at radius 3 is 2.65 bits per heavy atom. The maximum absolute atomic E-state index is 12.3. The molecule has 0 radical (unpaired) electrons. The number of morpholine rings is 1. The summed E-state index contributed by atoms with van der Waals surface area (Å²) in [6, 6.07) is -0.797. The Morgan fingerprint density at radius 1 is 1.29 bits per heavy atom. The largest absolute Gasteiger partial charge is 0.480 e. The average Bonchev–Trinajstić information content (AvgIpc) is 2.74. The number of nitrogens with zero attached hydrogens (tertiary/aromatic N) is 2. The number of urea groups is 1. The van der Waals surface area contributed by atoms with Crippen molar-refractivity contribution in [3.8, 4) is 0 Å². The van der Waals surface area contributed by atoms with E-state index in [4.69, 9.17) is 9.84 Å². The lowest BCUT2D eigenvalue weighted by molar-refractivity contribution is -0.147. The predicted octanol–water partition coefficient (Wildman–Crippen LogP) is 0.376. The summed E-state index contributed by atoms with van der Waals surface area (Å²) in [7, 11) is 0. The molecule has 2 unspecified atom stereocenters. The van der Waals surface area contributed by atoms with E-state index in [1.54, 1.807) is 4.90 Å². The van der Waals surface area contributed by atoms with Gasteiger partial charge in [0.25, 0.3) is 0 Å². The Labute approximate surface area is 100 Å². The van der Waals surface area contributed by atoms with Gasteiger partial charge in [-0.15, -0.1) is 0 Å². The summed E-state index contributed by atoms with van der Waals surface area (Å²) < 4.78 is 5.12. The summed E-state index contributed by atoms with van der Waals surface area (Å²) in [4.78, 5) is 26.5. The summed E-state index contributed by atoms with van der Waals surface area (Å²) >= 11 is 0. The van der Waals surface area contributed by atoms with E-state index in [2.05, 4.69) is 0 Å². The minimum absolute atomic E-state index is 0.0866. The molecule has 96 valence electrons. The molecule has 2 atom stereocenters. The zero-order valence-electron chi connectivity index (χ0n) is 9.96. The van der Waals surface area contributed by atoms with E-state index < -0.39 is 12.0 Å². The van der Waals surface area contributed by atoms with Gasteiger partial charge in [0.2, 0.25) is 0 Å². The lowest BCUT2D eigenvalue weighted by Gasteiger charge is -2.36. The van der Waals surface area contributed by atoms with E-state index in [1.807, 2.05) is 6.92 Å². The molecule has 2 heterocycles. The first kappa shape index (κ1) is 12.2. The van der Waals surface area contributed by atoms with Crippen LogP contribution < -0.4 is 0 Å². The molecule has 2 saturated heterocycles. The Balaban J connectivity index is 2.08. The summed E-state index contributed by atoms with van der Waals surface area (Å²) in [6.07, 6.45) is 1.99. The van der Waals surface area contributed by atoms with Crippen molar-refractivity contribution in [2.24, 2.45) is 0 Å². The van der Waals surface area contributed by atoms with Crippen LogP contribution in [0.1, 0.15) is 19.8 Å². The molecule has 1 N–H and O–H groups in total. The van der Waals surface area contributed by atoms with Gasteiger partial charge in [0.15, 0.2) is 6.04 Å². The summed E-state index contributed by atoms with van der Waals surface area (Å²) in [5.41, 5.74) is 0. The summed E-state index contributed by atoms with van der Waals surface area (Å²) in [5, 5.41) is 9.07. The number of carboxylic acid groups (broad SMARTS) is 1. The number of aliphatic carboxylic acids is 1. The maximum Gasteiger partial charge on any atom is 0.328 e. The van der Waals surface area contributed by atoms with Crippen molar-refractivity contribution in [1.29, 1.82) is 0 Å². The van der Waals surface area contributed by atoms with Gasteiger partial charge in [-0.25, -0.2) is 9.59 Å². The fourth-order valence-electron chi connectivity index (χ4n) is 2.42. The summed E-state index contributed by atoms with van der Waals surface area (Å²) in [5.74, 6) is -0.995. The van der Waals surface area contributed by atoms with Crippen molar-refractivity contribution in [1.82, 2.24) is 9.80 Å². The van der Waals surface area contributed by atoms with Crippen LogP contribution in [-0.4, -0.2) is 65.3 Å². The highest BCUT2D eigenvalue weighted by Crippen LogP contribution is 2.20. The van der Waals surface area contributed by atoms with Crippen LogP contribution >= 0.6 is 0 Å². The molecule has 2 amide bonds. The normalized spacial score (nSPS) is 29.5. The smallest absolute Gasteiger partial charge is 0.328 e. The van der Waals surface area contributed by atoms with Crippen LogP contribution in [0.25, 0.3) is 0 Å². The number of carboxylic acids is 1. The minimum Gasteiger partial charge on any atom is -0.480 e. The molecule has 0 aromatic heterocycles. The first-order valence-corrected chi connectivity index (χ1v) is 5.99. The Bertz CT molecular complexity index is 321. The molecular weight excluding hydrogens is 224 g/mol. The first-order valence-electron chi connectivity index (χ1n) is 5.99. The number of rotatable bonds is 1. The number of likely N-dealkylation sites (tertiary alicyclic amines) is 1. The number of carbonyl (C=O) groups is 2. The van der Waals surface area contributed by atoms with Crippen LogP contribution in [0.15, 0.2) is 0 Å². The molecule has 0 aliphatic carbocycles. The van der Waals surface area contributed by atoms with Gasteiger partial charge in [0.05, 0.1) is 13.2 Å². The topological polar surface area (TPSA) is 70.1 Å².